The summed E-state index contributed by atoms with van der Waals surface area (Å²) >= 11 is 0. The molecule has 0 rings (SSSR count). The predicted molar refractivity (Wildman–Crippen MR) is 119 cm³/mol. The average molecular weight is 404 g/mol. The Morgan fingerprint density at radius 3 is 1.07 bits per heavy atom. The first kappa shape index (κ1) is 27.1. The van der Waals surface area contributed by atoms with Crippen LogP contribution in [-0.2, 0) is 13.3 Å². The highest BCUT2D eigenvalue weighted by atomic mass is 28.4. The molecule has 0 amide bonds. The fourth-order valence-electron chi connectivity index (χ4n) is 3.61. The van der Waals surface area contributed by atoms with Crippen molar-refractivity contribution < 1.29 is 13.3 Å². The van der Waals surface area contributed by atoms with Crippen LogP contribution in [0.5, 0.6) is 0 Å². The summed E-state index contributed by atoms with van der Waals surface area (Å²) in [5, 5.41) is 0. The highest BCUT2D eigenvalue weighted by molar-refractivity contribution is 6.60. The summed E-state index contributed by atoms with van der Waals surface area (Å²) in [5.74, 6) is 0. The van der Waals surface area contributed by atoms with Crippen LogP contribution in [0.1, 0.15) is 111 Å². The Morgan fingerprint density at radius 2 is 0.778 bits per heavy atom. The van der Waals surface area contributed by atoms with Gasteiger partial charge in [-0.15, -0.1) is 0 Å². The van der Waals surface area contributed by atoms with Crippen LogP contribution < -0.4 is 5.73 Å². The lowest BCUT2D eigenvalue weighted by Gasteiger charge is -2.28. The lowest BCUT2D eigenvalue weighted by atomic mass is 10.0. The van der Waals surface area contributed by atoms with Crippen molar-refractivity contribution >= 4 is 8.80 Å². The third kappa shape index (κ3) is 16.7. The van der Waals surface area contributed by atoms with Gasteiger partial charge in [-0.05, 0) is 40.2 Å². The van der Waals surface area contributed by atoms with Crippen LogP contribution in [-0.4, -0.2) is 35.2 Å². The van der Waals surface area contributed by atoms with E-state index in [1.165, 1.54) is 83.5 Å². The molecule has 164 valence electrons. The average Bonchev–Trinajstić information content (AvgIpc) is 2.65. The van der Waals surface area contributed by atoms with E-state index in [0.29, 0.717) is 19.8 Å². The van der Waals surface area contributed by atoms with E-state index in [4.69, 9.17) is 19.0 Å². The van der Waals surface area contributed by atoms with E-state index in [1.54, 1.807) is 0 Å². The largest absolute Gasteiger partial charge is 0.500 e. The fraction of sp³-hybridized carbons (Fsp3) is 1.00. The van der Waals surface area contributed by atoms with Gasteiger partial charge in [0.2, 0.25) is 0 Å². The van der Waals surface area contributed by atoms with Crippen molar-refractivity contribution in [2.75, 3.05) is 26.4 Å². The molecule has 0 fully saturated rings. The Labute approximate surface area is 171 Å². The van der Waals surface area contributed by atoms with Crippen molar-refractivity contribution in [2.45, 2.75) is 117 Å². The Hall–Kier alpha value is 0.0569. The van der Waals surface area contributed by atoms with Gasteiger partial charge in [0.25, 0.3) is 0 Å². The number of hydrogen-bond donors (Lipinski definition) is 1. The maximum atomic E-state index is 5.92. The van der Waals surface area contributed by atoms with Crippen LogP contribution >= 0.6 is 0 Å². The molecule has 0 aliphatic rings. The predicted octanol–water partition coefficient (Wildman–Crippen LogP) is 6.45. The minimum atomic E-state index is -2.41. The molecule has 0 heterocycles. The van der Waals surface area contributed by atoms with E-state index < -0.39 is 8.80 Å². The molecule has 0 aromatic carbocycles. The summed E-state index contributed by atoms with van der Waals surface area (Å²) in [6.45, 7) is 8.99. The lowest BCUT2D eigenvalue weighted by Crippen LogP contribution is -2.45. The molecule has 0 aliphatic carbocycles. The first-order valence-corrected chi connectivity index (χ1v) is 13.8. The minimum absolute atomic E-state index is 0.680. The first-order valence-electron chi connectivity index (χ1n) is 11.9. The minimum Gasteiger partial charge on any atom is -0.374 e. The quantitative estimate of drug-likeness (QED) is 0.166. The van der Waals surface area contributed by atoms with Crippen molar-refractivity contribution in [3.05, 3.63) is 0 Å². The zero-order valence-electron chi connectivity index (χ0n) is 18.7. The molecule has 0 spiro atoms. The maximum Gasteiger partial charge on any atom is 0.500 e. The molecule has 4 nitrogen and oxygen atoms in total. The van der Waals surface area contributed by atoms with Gasteiger partial charge in [0, 0.05) is 25.9 Å². The van der Waals surface area contributed by atoms with Crippen molar-refractivity contribution in [1.82, 2.24) is 0 Å². The van der Waals surface area contributed by atoms with Crippen molar-refractivity contribution in [2.24, 2.45) is 5.73 Å². The molecular weight excluding hydrogens is 354 g/mol. The van der Waals surface area contributed by atoms with E-state index in [1.807, 2.05) is 20.8 Å². The van der Waals surface area contributed by atoms with E-state index in [0.717, 1.165) is 19.0 Å². The summed E-state index contributed by atoms with van der Waals surface area (Å²) in [6, 6.07) is 0.966. The fourth-order valence-corrected chi connectivity index (χ4v) is 6.29. The Balaban J connectivity index is 3.49. The third-order valence-electron chi connectivity index (χ3n) is 5.03. The van der Waals surface area contributed by atoms with Crippen LogP contribution in [0.15, 0.2) is 0 Å². The van der Waals surface area contributed by atoms with Gasteiger partial charge < -0.3 is 19.0 Å². The van der Waals surface area contributed by atoms with Gasteiger partial charge in [0.1, 0.15) is 0 Å². The second-order valence-electron chi connectivity index (χ2n) is 7.47. The highest BCUT2D eigenvalue weighted by Gasteiger charge is 2.39. The molecule has 0 aromatic rings. The number of nitrogens with two attached hydrogens (primary N) is 1. The second-order valence-corrected chi connectivity index (χ2v) is 10.2. The van der Waals surface area contributed by atoms with Crippen molar-refractivity contribution in [3.63, 3.8) is 0 Å². The molecule has 2 N–H and O–H groups in total. The zero-order valence-corrected chi connectivity index (χ0v) is 19.7. The second kappa shape index (κ2) is 20.8. The molecule has 5 heteroatoms. The van der Waals surface area contributed by atoms with Gasteiger partial charge in [-0.3, -0.25) is 0 Å². The molecule has 0 radical (unpaired) electrons. The molecule has 0 unspecified atom stereocenters. The molecule has 0 saturated carbocycles. The summed E-state index contributed by atoms with van der Waals surface area (Å²) in [6.07, 6.45) is 18.9. The summed E-state index contributed by atoms with van der Waals surface area (Å²) in [7, 11) is -2.41. The van der Waals surface area contributed by atoms with E-state index >= 15 is 0 Å². The van der Waals surface area contributed by atoms with Gasteiger partial charge in [-0.1, -0.05) is 77.0 Å². The Morgan fingerprint density at radius 1 is 0.481 bits per heavy atom. The van der Waals surface area contributed by atoms with Crippen LogP contribution in [0.2, 0.25) is 6.04 Å². The third-order valence-corrected chi connectivity index (χ3v) is 8.18. The number of hydrogen-bond acceptors (Lipinski definition) is 4. The molecule has 0 bridgehead atoms. The summed E-state index contributed by atoms with van der Waals surface area (Å²) in [4.78, 5) is 0. The van der Waals surface area contributed by atoms with Crippen LogP contribution in [0, 0.1) is 0 Å². The molecule has 0 saturated heterocycles. The van der Waals surface area contributed by atoms with E-state index in [9.17, 15) is 0 Å². The standard InChI is InChI=1S/C22H49NO3Si/c1-4-24-27(25-5-2,26-6-3)22-20-18-16-14-12-10-8-7-9-11-13-15-17-19-21-23/h4-23H2,1-3H3. The van der Waals surface area contributed by atoms with Crippen LogP contribution in [0.3, 0.4) is 0 Å². The number of unbranched alkanes of at least 4 members (excludes halogenated alkanes) is 13. The van der Waals surface area contributed by atoms with Crippen molar-refractivity contribution in [3.8, 4) is 0 Å². The number of rotatable bonds is 22. The van der Waals surface area contributed by atoms with Crippen LogP contribution in [0.25, 0.3) is 0 Å². The monoisotopic (exact) mass is 403 g/mol. The molecule has 0 atom stereocenters. The van der Waals surface area contributed by atoms with E-state index in [2.05, 4.69) is 0 Å². The smallest absolute Gasteiger partial charge is 0.374 e. The van der Waals surface area contributed by atoms with Gasteiger partial charge >= 0.3 is 8.80 Å². The van der Waals surface area contributed by atoms with Gasteiger partial charge in [0.05, 0.1) is 0 Å². The zero-order chi connectivity index (χ0) is 20.1. The topological polar surface area (TPSA) is 53.7 Å². The van der Waals surface area contributed by atoms with E-state index in [-0.39, 0.29) is 0 Å². The lowest BCUT2D eigenvalue weighted by molar-refractivity contribution is 0.0706. The normalized spacial score (nSPS) is 12.0. The molecule has 0 aliphatic heterocycles. The summed E-state index contributed by atoms with van der Waals surface area (Å²) in [5.41, 5.74) is 5.52. The van der Waals surface area contributed by atoms with Crippen LogP contribution in [0.4, 0.5) is 0 Å². The van der Waals surface area contributed by atoms with Gasteiger partial charge in [-0.2, -0.15) is 0 Å². The molecular formula is C22H49NO3Si. The first-order chi connectivity index (χ1) is 13.2. The van der Waals surface area contributed by atoms with Crippen molar-refractivity contribution in [1.29, 1.82) is 0 Å². The SMILES string of the molecule is CCO[Si](CCCCCCCCCCCCCCCCN)(OCC)OCC. The maximum absolute atomic E-state index is 5.92. The molecule has 27 heavy (non-hydrogen) atoms. The molecule has 0 aromatic heterocycles. The van der Waals surface area contributed by atoms with Gasteiger partial charge in [-0.25, -0.2) is 0 Å². The highest BCUT2D eigenvalue weighted by Crippen LogP contribution is 2.21. The summed E-state index contributed by atoms with van der Waals surface area (Å²) < 4.78 is 17.8. The Bertz CT molecular complexity index is 276. The Kier molecular flexibility index (Phi) is 20.8. The van der Waals surface area contributed by atoms with Gasteiger partial charge in [0.15, 0.2) is 0 Å².